The summed E-state index contributed by atoms with van der Waals surface area (Å²) in [7, 11) is -3.97. The number of aryl methyl sites for hydroxylation is 1. The van der Waals surface area contributed by atoms with Crippen molar-refractivity contribution in [1.29, 1.82) is 0 Å². The van der Waals surface area contributed by atoms with Crippen LogP contribution in [0.4, 0.5) is 0 Å². The molecule has 3 N–H and O–H groups in total. The molecule has 1 aromatic carbocycles. The zero-order chi connectivity index (χ0) is 28.6. The van der Waals surface area contributed by atoms with Gasteiger partial charge in [-0.3, -0.25) is 13.9 Å². The molecule has 1 aromatic heterocycles. The second-order valence-electron chi connectivity index (χ2n) is 10.9. The zero-order valence-electron chi connectivity index (χ0n) is 23.8. The fourth-order valence-corrected chi connectivity index (χ4v) is 7.43. The summed E-state index contributed by atoms with van der Waals surface area (Å²) in [5.74, 6) is 0.732. The minimum atomic E-state index is -3.97. The van der Waals surface area contributed by atoms with E-state index >= 15 is 0 Å². The first-order valence-electron chi connectivity index (χ1n) is 14.9. The second-order valence-corrected chi connectivity index (χ2v) is 14.0. The minimum absolute atomic E-state index is 0.00330. The van der Waals surface area contributed by atoms with Gasteiger partial charge in [0.1, 0.15) is 6.10 Å². The van der Waals surface area contributed by atoms with E-state index in [4.69, 9.17) is 4.52 Å². The van der Waals surface area contributed by atoms with Gasteiger partial charge >= 0.3 is 7.60 Å². The van der Waals surface area contributed by atoms with E-state index in [1.54, 1.807) is 18.0 Å². The van der Waals surface area contributed by atoms with Gasteiger partial charge in [0, 0.05) is 11.9 Å². The highest BCUT2D eigenvalue weighted by Crippen LogP contribution is 2.45. The van der Waals surface area contributed by atoms with Gasteiger partial charge in [0.05, 0.1) is 23.3 Å². The average Bonchev–Trinajstić information content (AvgIpc) is 2.96. The third kappa shape index (κ3) is 12.4. The number of pyridine rings is 1. The van der Waals surface area contributed by atoms with Crippen LogP contribution in [0.2, 0.25) is 0 Å². The maximum absolute atomic E-state index is 13.5. The Morgan fingerprint density at radius 3 is 2.55 bits per heavy atom. The molecule has 3 rings (SSSR count). The summed E-state index contributed by atoms with van der Waals surface area (Å²) < 4.78 is 18.6. The number of benzene rings is 1. The Labute approximate surface area is 244 Å². The van der Waals surface area contributed by atoms with Crippen molar-refractivity contribution in [3.05, 3.63) is 60.3 Å². The van der Waals surface area contributed by atoms with Crippen molar-refractivity contribution in [2.75, 3.05) is 11.9 Å². The lowest BCUT2D eigenvalue weighted by atomic mass is 9.83. The lowest BCUT2D eigenvalue weighted by molar-refractivity contribution is -0.130. The van der Waals surface area contributed by atoms with Gasteiger partial charge in [-0.1, -0.05) is 88.3 Å². The van der Waals surface area contributed by atoms with Gasteiger partial charge in [-0.15, -0.1) is 11.8 Å². The summed E-state index contributed by atoms with van der Waals surface area (Å²) in [5.41, 5.74) is 1.10. The van der Waals surface area contributed by atoms with E-state index in [1.165, 1.54) is 19.3 Å². The highest BCUT2D eigenvalue weighted by atomic mass is 32.2. The molecule has 7 nitrogen and oxygen atoms in total. The summed E-state index contributed by atoms with van der Waals surface area (Å²) in [5, 5.41) is 15.1. The molecule has 0 saturated heterocycles. The average molecular weight is 591 g/mol. The number of aliphatic hydroxyl groups excluding tert-OH is 1. The standard InChI is InChI=1S/C31H47N2O5PS/c1-2-3-18-29(38-39(36,37)22-12-17-25-13-6-4-7-14-25)31(35)33-27(24-26-15-8-5-9-16-26)28(34)20-23-40-30-19-10-11-21-32-30/h4,6-7,10-11,13-14,19,21,26-29,34H,2-3,5,8-9,12,15-18,20,22-24H2,1H3,(H,33,35)(H,36,37)/t27-,28-,29+/m0/s1. The number of rotatable bonds is 18. The fraction of sp³-hybridized carbons (Fsp3) is 0.613. The van der Waals surface area contributed by atoms with Crippen LogP contribution in [0.3, 0.4) is 0 Å². The molecule has 0 bridgehead atoms. The lowest BCUT2D eigenvalue weighted by Crippen LogP contribution is -2.49. The Bertz CT molecular complexity index is 1020. The van der Waals surface area contributed by atoms with E-state index in [2.05, 4.69) is 10.3 Å². The Kier molecular flexibility index (Phi) is 14.7. The number of unbranched alkanes of at least 4 members (excludes halogenated alkanes) is 1. The molecule has 1 fully saturated rings. The third-order valence-electron chi connectivity index (χ3n) is 7.56. The first-order valence-corrected chi connectivity index (χ1v) is 17.7. The lowest BCUT2D eigenvalue weighted by Gasteiger charge is -2.31. The van der Waals surface area contributed by atoms with Crippen LogP contribution in [0.5, 0.6) is 0 Å². The number of hydrogen-bond acceptors (Lipinski definition) is 6. The maximum atomic E-state index is 13.5. The van der Waals surface area contributed by atoms with Crippen molar-refractivity contribution in [2.45, 2.75) is 107 Å². The molecule has 1 aliphatic carbocycles. The van der Waals surface area contributed by atoms with Gasteiger partial charge in [-0.2, -0.15) is 0 Å². The van der Waals surface area contributed by atoms with Crippen molar-refractivity contribution in [2.24, 2.45) is 5.92 Å². The van der Waals surface area contributed by atoms with Crippen LogP contribution in [-0.4, -0.2) is 51.1 Å². The Morgan fingerprint density at radius 1 is 1.10 bits per heavy atom. The van der Waals surface area contributed by atoms with Gasteiger partial charge in [0.15, 0.2) is 0 Å². The minimum Gasteiger partial charge on any atom is -0.391 e. The molecule has 1 aliphatic rings. The summed E-state index contributed by atoms with van der Waals surface area (Å²) in [6.07, 6.45) is 10.1. The Hall–Kier alpha value is -1.70. The molecule has 222 valence electrons. The number of carbonyl (C=O) groups is 1. The van der Waals surface area contributed by atoms with Crippen LogP contribution < -0.4 is 5.32 Å². The predicted octanol–water partition coefficient (Wildman–Crippen LogP) is 6.77. The molecule has 1 saturated carbocycles. The monoisotopic (exact) mass is 590 g/mol. The van der Waals surface area contributed by atoms with Gasteiger partial charge in [0.2, 0.25) is 5.91 Å². The number of carbonyl (C=O) groups excluding carboxylic acids is 1. The number of aliphatic hydroxyl groups is 1. The van der Waals surface area contributed by atoms with Crippen LogP contribution in [0.1, 0.15) is 83.1 Å². The summed E-state index contributed by atoms with van der Waals surface area (Å²) in [6, 6.07) is 15.2. The van der Waals surface area contributed by atoms with Crippen molar-refractivity contribution < 1.29 is 23.9 Å². The molecular weight excluding hydrogens is 543 g/mol. The molecule has 4 atom stereocenters. The molecule has 9 heteroatoms. The smallest absolute Gasteiger partial charge is 0.328 e. The van der Waals surface area contributed by atoms with Crippen LogP contribution in [0, 0.1) is 5.92 Å². The highest BCUT2D eigenvalue weighted by molar-refractivity contribution is 7.99. The Morgan fingerprint density at radius 2 is 1.85 bits per heavy atom. The molecule has 0 spiro atoms. The molecule has 40 heavy (non-hydrogen) atoms. The number of nitrogens with one attached hydrogen (secondary N) is 1. The Balaban J connectivity index is 1.60. The molecule has 1 amide bonds. The largest absolute Gasteiger partial charge is 0.391 e. The highest BCUT2D eigenvalue weighted by Gasteiger charge is 2.33. The van der Waals surface area contributed by atoms with E-state index in [1.807, 2.05) is 55.5 Å². The van der Waals surface area contributed by atoms with E-state index in [0.717, 1.165) is 29.9 Å². The maximum Gasteiger partial charge on any atom is 0.328 e. The van der Waals surface area contributed by atoms with E-state index in [-0.39, 0.29) is 6.16 Å². The topological polar surface area (TPSA) is 109 Å². The van der Waals surface area contributed by atoms with Gasteiger partial charge in [0.25, 0.3) is 0 Å². The number of aromatic nitrogens is 1. The summed E-state index contributed by atoms with van der Waals surface area (Å²) in [4.78, 5) is 28.4. The number of amides is 1. The first-order chi connectivity index (χ1) is 19.4. The SMILES string of the molecule is CCCC[C@@H](OP(=O)(O)CCCc1ccccc1)C(=O)N[C@@H](CC1CCCCC1)[C@@H](O)CCSc1ccccn1. The second kappa shape index (κ2) is 18.0. The van der Waals surface area contributed by atoms with E-state index in [0.29, 0.717) is 50.2 Å². The summed E-state index contributed by atoms with van der Waals surface area (Å²) in [6.45, 7) is 2.02. The van der Waals surface area contributed by atoms with Crippen LogP contribution >= 0.6 is 19.4 Å². The fourth-order valence-electron chi connectivity index (χ4n) is 5.29. The molecule has 0 radical (unpaired) electrons. The molecule has 1 unspecified atom stereocenters. The molecule has 2 aromatic rings. The molecular formula is C31H47N2O5PS. The van der Waals surface area contributed by atoms with E-state index in [9.17, 15) is 19.4 Å². The van der Waals surface area contributed by atoms with Gasteiger partial charge in [-0.25, -0.2) is 4.98 Å². The quantitative estimate of drug-likeness (QED) is 0.130. The number of hydrogen-bond donors (Lipinski definition) is 3. The van der Waals surface area contributed by atoms with Crippen molar-refractivity contribution >= 4 is 25.3 Å². The zero-order valence-corrected chi connectivity index (χ0v) is 25.5. The van der Waals surface area contributed by atoms with Crippen molar-refractivity contribution in [1.82, 2.24) is 10.3 Å². The van der Waals surface area contributed by atoms with Crippen LogP contribution in [0.15, 0.2) is 59.8 Å². The predicted molar refractivity (Wildman–Crippen MR) is 163 cm³/mol. The van der Waals surface area contributed by atoms with Crippen LogP contribution in [0.25, 0.3) is 0 Å². The summed E-state index contributed by atoms with van der Waals surface area (Å²) >= 11 is 1.58. The van der Waals surface area contributed by atoms with Crippen molar-refractivity contribution in [3.63, 3.8) is 0 Å². The molecule has 1 heterocycles. The first kappa shape index (κ1) is 32.8. The van der Waals surface area contributed by atoms with Crippen molar-refractivity contribution in [3.8, 4) is 0 Å². The number of nitrogens with zero attached hydrogens (tertiary/aromatic N) is 1. The normalized spacial score (nSPS) is 18.0. The third-order valence-corrected chi connectivity index (χ3v) is 10.0. The van der Waals surface area contributed by atoms with Gasteiger partial charge in [-0.05, 0) is 55.7 Å². The molecule has 0 aliphatic heterocycles. The van der Waals surface area contributed by atoms with Crippen LogP contribution in [-0.2, 0) is 20.3 Å². The van der Waals surface area contributed by atoms with E-state index < -0.39 is 31.8 Å². The van der Waals surface area contributed by atoms with Gasteiger partial charge < -0.3 is 15.3 Å². The number of thioether (sulfide) groups is 1.